The summed E-state index contributed by atoms with van der Waals surface area (Å²) < 4.78 is 8.06. The van der Waals surface area contributed by atoms with Gasteiger partial charge in [-0.2, -0.15) is 0 Å². The van der Waals surface area contributed by atoms with E-state index in [-0.39, 0.29) is 5.69 Å². The molecule has 1 N–H and O–H groups in total. The summed E-state index contributed by atoms with van der Waals surface area (Å²) in [6.07, 6.45) is 0.498. The second kappa shape index (κ2) is 8.09. The van der Waals surface area contributed by atoms with Gasteiger partial charge in [-0.1, -0.05) is 50.0 Å². The lowest BCUT2D eigenvalue weighted by Gasteiger charge is -2.16. The normalized spacial score (nSPS) is 11.7. The number of nitrogens with zero attached hydrogens (tertiary/aromatic N) is 2. The molecule has 0 aliphatic carbocycles. The van der Waals surface area contributed by atoms with Gasteiger partial charge in [0, 0.05) is 21.1 Å². The highest BCUT2D eigenvalue weighted by Gasteiger charge is 2.21. The van der Waals surface area contributed by atoms with Crippen LogP contribution in [-0.4, -0.2) is 35.3 Å². The minimum absolute atomic E-state index is 0.0690. The highest BCUT2D eigenvalue weighted by Crippen LogP contribution is 2.21. The molecule has 24 heavy (non-hydrogen) atoms. The maximum absolute atomic E-state index is 11.5. The minimum atomic E-state index is -1.15. The van der Waals surface area contributed by atoms with E-state index in [2.05, 4.69) is 40.6 Å². The first kappa shape index (κ1) is 18.9. The summed E-state index contributed by atoms with van der Waals surface area (Å²) in [5.41, 5.74) is 1.75. The molecule has 0 aliphatic heterocycles. The standard InChI is InChI=1S/C17H23BrN2O3Si/c1-24(2,3)10-9-23-12-20-14(11-13-7-5-4-6-8-13)15(16(21)22)19-17(20)18/h4-8H,9-12H2,1-3H3,(H,21,22). The molecule has 0 unspecified atom stereocenters. The maximum atomic E-state index is 11.5. The molecule has 7 heteroatoms. The summed E-state index contributed by atoms with van der Waals surface area (Å²) in [6.45, 7) is 7.87. The molecular formula is C17H23BrN2O3Si. The van der Waals surface area contributed by atoms with Crippen molar-refractivity contribution < 1.29 is 14.6 Å². The van der Waals surface area contributed by atoms with Crippen molar-refractivity contribution in [3.05, 3.63) is 52.0 Å². The van der Waals surface area contributed by atoms with Crippen LogP contribution in [0.3, 0.4) is 0 Å². The second-order valence-electron chi connectivity index (χ2n) is 6.92. The van der Waals surface area contributed by atoms with Crippen molar-refractivity contribution in [1.82, 2.24) is 9.55 Å². The molecule has 0 radical (unpaired) electrons. The second-order valence-corrected chi connectivity index (χ2v) is 13.3. The number of hydrogen-bond acceptors (Lipinski definition) is 3. The van der Waals surface area contributed by atoms with Crippen molar-refractivity contribution in [2.45, 2.75) is 38.8 Å². The Morgan fingerprint density at radius 3 is 2.54 bits per heavy atom. The van der Waals surface area contributed by atoms with Gasteiger partial charge in [0.2, 0.25) is 0 Å². The van der Waals surface area contributed by atoms with Crippen molar-refractivity contribution in [2.24, 2.45) is 0 Å². The quantitative estimate of drug-likeness (QED) is 0.521. The molecule has 0 spiro atoms. The van der Waals surface area contributed by atoms with Gasteiger partial charge in [-0.05, 0) is 27.5 Å². The SMILES string of the molecule is C[Si](C)(C)CCOCn1c(Br)nc(C(=O)O)c1Cc1ccccc1. The van der Waals surface area contributed by atoms with Gasteiger partial charge in [0.05, 0.1) is 5.69 Å². The molecule has 0 amide bonds. The van der Waals surface area contributed by atoms with Gasteiger partial charge in [-0.3, -0.25) is 4.57 Å². The van der Waals surface area contributed by atoms with E-state index in [4.69, 9.17) is 4.74 Å². The molecule has 1 aromatic carbocycles. The lowest BCUT2D eigenvalue weighted by atomic mass is 10.1. The van der Waals surface area contributed by atoms with E-state index in [0.29, 0.717) is 30.2 Å². The topological polar surface area (TPSA) is 64.4 Å². The smallest absolute Gasteiger partial charge is 0.356 e. The van der Waals surface area contributed by atoms with Gasteiger partial charge in [0.1, 0.15) is 6.73 Å². The number of carbonyl (C=O) groups is 1. The van der Waals surface area contributed by atoms with E-state index < -0.39 is 14.0 Å². The monoisotopic (exact) mass is 410 g/mol. The van der Waals surface area contributed by atoms with Gasteiger partial charge in [0.15, 0.2) is 10.4 Å². The van der Waals surface area contributed by atoms with Crippen LogP contribution >= 0.6 is 15.9 Å². The third-order valence-electron chi connectivity index (χ3n) is 3.66. The Kier molecular flexibility index (Phi) is 6.37. The Bertz CT molecular complexity index is 696. The Balaban J connectivity index is 2.18. The van der Waals surface area contributed by atoms with Crippen molar-refractivity contribution in [2.75, 3.05) is 6.61 Å². The fourth-order valence-electron chi connectivity index (χ4n) is 2.26. The molecule has 1 aromatic heterocycles. The summed E-state index contributed by atoms with van der Waals surface area (Å²) in [7, 11) is -1.15. The first-order valence-electron chi connectivity index (χ1n) is 7.88. The summed E-state index contributed by atoms with van der Waals surface area (Å²) in [6, 6.07) is 10.8. The molecule has 5 nitrogen and oxygen atoms in total. The number of imidazole rings is 1. The van der Waals surface area contributed by atoms with Crippen LogP contribution in [0, 0.1) is 0 Å². The minimum Gasteiger partial charge on any atom is -0.476 e. The third kappa shape index (κ3) is 5.29. The zero-order chi connectivity index (χ0) is 17.7. The van der Waals surface area contributed by atoms with E-state index in [1.165, 1.54) is 0 Å². The fraction of sp³-hybridized carbons (Fsp3) is 0.412. The van der Waals surface area contributed by atoms with E-state index in [1.54, 1.807) is 4.57 Å². The van der Waals surface area contributed by atoms with Gasteiger partial charge in [0.25, 0.3) is 0 Å². The number of aromatic nitrogens is 2. The predicted octanol–water partition coefficient (Wildman–Crippen LogP) is 4.25. The lowest BCUT2D eigenvalue weighted by Crippen LogP contribution is -2.22. The molecule has 0 saturated carbocycles. The molecule has 1 heterocycles. The van der Waals surface area contributed by atoms with Crippen LogP contribution in [0.15, 0.2) is 35.1 Å². The van der Waals surface area contributed by atoms with Crippen LogP contribution in [0.25, 0.3) is 0 Å². The average Bonchev–Trinajstić information content (AvgIpc) is 2.80. The molecular weight excluding hydrogens is 388 g/mol. The highest BCUT2D eigenvalue weighted by molar-refractivity contribution is 9.10. The zero-order valence-corrected chi connectivity index (χ0v) is 16.8. The summed E-state index contributed by atoms with van der Waals surface area (Å²) >= 11 is 3.36. The summed E-state index contributed by atoms with van der Waals surface area (Å²) in [5, 5.41) is 9.43. The molecule has 0 atom stereocenters. The number of rotatable bonds is 8. The van der Waals surface area contributed by atoms with Crippen molar-refractivity contribution in [3.63, 3.8) is 0 Å². The maximum Gasteiger partial charge on any atom is 0.356 e. The third-order valence-corrected chi connectivity index (χ3v) is 5.97. The molecule has 2 rings (SSSR count). The molecule has 0 fully saturated rings. The van der Waals surface area contributed by atoms with Crippen LogP contribution in [0.1, 0.15) is 21.7 Å². The van der Waals surface area contributed by atoms with Crippen LogP contribution in [0.5, 0.6) is 0 Å². The van der Waals surface area contributed by atoms with Crippen LogP contribution < -0.4 is 0 Å². The average molecular weight is 411 g/mol. The van der Waals surface area contributed by atoms with Gasteiger partial charge >= 0.3 is 5.97 Å². The number of halogens is 1. The highest BCUT2D eigenvalue weighted by atomic mass is 79.9. The number of carboxylic acids is 1. The number of aromatic carboxylic acids is 1. The number of hydrogen-bond donors (Lipinski definition) is 1. The molecule has 0 saturated heterocycles. The van der Waals surface area contributed by atoms with E-state index in [1.807, 2.05) is 30.3 Å². The Hall–Kier alpha value is -1.44. The number of benzene rings is 1. The lowest BCUT2D eigenvalue weighted by molar-refractivity contribution is 0.0687. The van der Waals surface area contributed by atoms with Gasteiger partial charge < -0.3 is 9.84 Å². The van der Waals surface area contributed by atoms with Crippen LogP contribution in [-0.2, 0) is 17.9 Å². The van der Waals surface area contributed by atoms with Crippen molar-refractivity contribution in [1.29, 1.82) is 0 Å². The van der Waals surface area contributed by atoms with E-state index >= 15 is 0 Å². The van der Waals surface area contributed by atoms with E-state index in [0.717, 1.165) is 11.6 Å². The first-order valence-corrected chi connectivity index (χ1v) is 12.4. The van der Waals surface area contributed by atoms with Crippen molar-refractivity contribution >= 4 is 30.0 Å². The number of carboxylic acid groups (broad SMARTS) is 1. The van der Waals surface area contributed by atoms with Crippen LogP contribution in [0.4, 0.5) is 0 Å². The molecule has 2 aromatic rings. The zero-order valence-electron chi connectivity index (χ0n) is 14.3. The van der Waals surface area contributed by atoms with Crippen LogP contribution in [0.2, 0.25) is 25.7 Å². The molecule has 0 aliphatic rings. The van der Waals surface area contributed by atoms with Gasteiger partial charge in [-0.25, -0.2) is 9.78 Å². The summed E-state index contributed by atoms with van der Waals surface area (Å²) in [5.74, 6) is -1.03. The first-order chi connectivity index (χ1) is 11.3. The van der Waals surface area contributed by atoms with Gasteiger partial charge in [-0.15, -0.1) is 0 Å². The Morgan fingerprint density at radius 1 is 1.29 bits per heavy atom. The predicted molar refractivity (Wildman–Crippen MR) is 100 cm³/mol. The molecule has 0 bridgehead atoms. The fourth-order valence-corrected chi connectivity index (χ4v) is 3.51. The van der Waals surface area contributed by atoms with Crippen molar-refractivity contribution in [3.8, 4) is 0 Å². The van der Waals surface area contributed by atoms with E-state index in [9.17, 15) is 9.90 Å². The largest absolute Gasteiger partial charge is 0.476 e. The Labute approximate surface area is 151 Å². The molecule has 130 valence electrons. The summed E-state index contributed by atoms with van der Waals surface area (Å²) in [4.78, 5) is 15.6. The Morgan fingerprint density at radius 2 is 1.96 bits per heavy atom. The number of ether oxygens (including phenoxy) is 1.